The van der Waals surface area contributed by atoms with Gasteiger partial charge in [0.1, 0.15) is 0 Å². The Kier molecular flexibility index (Phi) is 5.88. The fourth-order valence-electron chi connectivity index (χ4n) is 2.35. The van der Waals surface area contributed by atoms with Gasteiger partial charge in [0.05, 0.1) is 11.7 Å². The zero-order chi connectivity index (χ0) is 15.2. The summed E-state index contributed by atoms with van der Waals surface area (Å²) in [6.45, 7) is 6.43. The van der Waals surface area contributed by atoms with Crippen molar-refractivity contribution in [1.29, 1.82) is 0 Å². The second-order valence-corrected chi connectivity index (χ2v) is 6.45. The Balaban J connectivity index is 1.93. The lowest BCUT2D eigenvalue weighted by Crippen LogP contribution is -2.07. The van der Waals surface area contributed by atoms with Gasteiger partial charge in [-0.05, 0) is 43.5 Å². The molecule has 1 unspecified atom stereocenters. The molecule has 21 heavy (non-hydrogen) atoms. The Bertz CT molecular complexity index is 541. The quantitative estimate of drug-likeness (QED) is 0.763. The van der Waals surface area contributed by atoms with Crippen LogP contribution in [0.4, 0.5) is 0 Å². The molecule has 4 heteroatoms. The second kappa shape index (κ2) is 7.66. The van der Waals surface area contributed by atoms with Crippen LogP contribution in [0.5, 0.6) is 0 Å². The molecule has 0 saturated heterocycles. The van der Waals surface area contributed by atoms with Crippen molar-refractivity contribution in [1.82, 2.24) is 9.78 Å². The molecule has 2 rings (SSSR count). The van der Waals surface area contributed by atoms with Crippen LogP contribution in [0.15, 0.2) is 41.4 Å². The number of hydrogen-bond acceptors (Lipinski definition) is 3. The van der Waals surface area contributed by atoms with Gasteiger partial charge >= 0.3 is 0 Å². The Hall–Kier alpha value is -1.26. The van der Waals surface area contributed by atoms with Crippen molar-refractivity contribution in [3.63, 3.8) is 0 Å². The molecule has 0 aliphatic carbocycles. The first-order chi connectivity index (χ1) is 10.1. The molecule has 0 aliphatic rings. The molecule has 0 fully saturated rings. The van der Waals surface area contributed by atoms with E-state index in [-0.39, 0.29) is 6.04 Å². The predicted molar refractivity (Wildman–Crippen MR) is 90.5 cm³/mol. The summed E-state index contributed by atoms with van der Waals surface area (Å²) in [5, 5.41) is 4.69. The van der Waals surface area contributed by atoms with Gasteiger partial charge in [-0.3, -0.25) is 4.68 Å². The van der Waals surface area contributed by atoms with E-state index in [1.54, 1.807) is 0 Å². The van der Waals surface area contributed by atoms with Gasteiger partial charge in [-0.25, -0.2) is 0 Å². The van der Waals surface area contributed by atoms with E-state index in [2.05, 4.69) is 60.2 Å². The summed E-state index contributed by atoms with van der Waals surface area (Å²) in [5.74, 6) is 0.907. The summed E-state index contributed by atoms with van der Waals surface area (Å²) < 4.78 is 2.11. The maximum Gasteiger partial charge on any atom is 0.0727 e. The van der Waals surface area contributed by atoms with Crippen LogP contribution in [0.3, 0.4) is 0 Å². The zero-order valence-electron chi connectivity index (χ0n) is 13.1. The number of nitrogens with zero attached hydrogens (tertiary/aromatic N) is 2. The Morgan fingerprint density at radius 2 is 1.81 bits per heavy atom. The summed E-state index contributed by atoms with van der Waals surface area (Å²) in [5.41, 5.74) is 8.19. The van der Waals surface area contributed by atoms with Crippen molar-refractivity contribution in [2.75, 3.05) is 0 Å². The van der Waals surface area contributed by atoms with Crippen LogP contribution in [0, 0.1) is 0 Å². The minimum absolute atomic E-state index is 0.0970. The number of thioether (sulfide) groups is 1. The molecule has 0 aliphatic heterocycles. The molecular formula is C17H25N3S. The second-order valence-electron chi connectivity index (χ2n) is 5.40. The van der Waals surface area contributed by atoms with Crippen molar-refractivity contribution in [3.05, 3.63) is 47.8 Å². The first-order valence-electron chi connectivity index (χ1n) is 7.66. The number of rotatable bonds is 7. The predicted octanol–water partition coefficient (Wildman–Crippen LogP) is 4.56. The van der Waals surface area contributed by atoms with E-state index < -0.39 is 0 Å². The molecule has 1 atom stereocenters. The van der Waals surface area contributed by atoms with E-state index in [4.69, 9.17) is 5.73 Å². The Labute approximate surface area is 131 Å². The van der Waals surface area contributed by atoms with Gasteiger partial charge in [0, 0.05) is 22.9 Å². The number of nitrogens with two attached hydrogens (primary N) is 1. The molecule has 1 aromatic heterocycles. The monoisotopic (exact) mass is 303 g/mol. The first kappa shape index (κ1) is 16.1. The van der Waals surface area contributed by atoms with E-state index in [1.807, 2.05) is 18.7 Å². The highest BCUT2D eigenvalue weighted by atomic mass is 32.2. The first-order valence-corrected chi connectivity index (χ1v) is 8.65. The summed E-state index contributed by atoms with van der Waals surface area (Å²) >= 11 is 1.82. The van der Waals surface area contributed by atoms with Gasteiger partial charge in [0.15, 0.2) is 0 Å². The summed E-state index contributed by atoms with van der Waals surface area (Å²) in [7, 11) is 0. The van der Waals surface area contributed by atoms with Gasteiger partial charge in [-0.2, -0.15) is 5.10 Å². The molecule has 0 radical (unpaired) electrons. The Morgan fingerprint density at radius 1 is 1.14 bits per heavy atom. The summed E-state index contributed by atoms with van der Waals surface area (Å²) in [4.78, 5) is 1.26. The minimum Gasteiger partial charge on any atom is -0.324 e. The molecule has 0 saturated carbocycles. The van der Waals surface area contributed by atoms with Crippen molar-refractivity contribution in [2.24, 2.45) is 5.73 Å². The average Bonchev–Trinajstić information content (AvgIpc) is 2.96. The van der Waals surface area contributed by atoms with E-state index in [9.17, 15) is 0 Å². The topological polar surface area (TPSA) is 43.8 Å². The number of hydrogen-bond donors (Lipinski definition) is 1. The highest BCUT2D eigenvalue weighted by molar-refractivity contribution is 7.98. The molecule has 0 amide bonds. The molecule has 2 N–H and O–H groups in total. The zero-order valence-corrected chi connectivity index (χ0v) is 13.9. The van der Waals surface area contributed by atoms with Crippen LogP contribution in [-0.4, -0.2) is 9.78 Å². The van der Waals surface area contributed by atoms with E-state index in [0.717, 1.165) is 24.3 Å². The number of benzene rings is 1. The highest BCUT2D eigenvalue weighted by Crippen LogP contribution is 2.24. The summed E-state index contributed by atoms with van der Waals surface area (Å²) in [6, 6.07) is 11.2. The van der Waals surface area contributed by atoms with Crippen LogP contribution in [0.25, 0.3) is 0 Å². The highest BCUT2D eigenvalue weighted by Gasteiger charge is 2.08. The van der Waals surface area contributed by atoms with E-state index in [1.165, 1.54) is 10.5 Å². The third-order valence-corrected chi connectivity index (χ3v) is 4.82. The standard InChI is InChI=1S/C17H25N3S/c1-4-16(5-2)20-11-10-15(19-20)12-21-17-8-6-14(7-9-17)13(3)18/h6-11,13,16H,4-5,12,18H2,1-3H3. The third-order valence-electron chi connectivity index (χ3n) is 3.77. The smallest absolute Gasteiger partial charge is 0.0727 e. The van der Waals surface area contributed by atoms with Gasteiger partial charge in [0.2, 0.25) is 0 Å². The minimum atomic E-state index is 0.0970. The van der Waals surface area contributed by atoms with Crippen molar-refractivity contribution in [2.45, 2.75) is 56.3 Å². The van der Waals surface area contributed by atoms with Crippen LogP contribution >= 0.6 is 11.8 Å². The van der Waals surface area contributed by atoms with Gasteiger partial charge in [-0.15, -0.1) is 11.8 Å². The van der Waals surface area contributed by atoms with Gasteiger partial charge < -0.3 is 5.73 Å². The SMILES string of the molecule is CCC(CC)n1ccc(CSc2ccc(C(C)N)cc2)n1. The van der Waals surface area contributed by atoms with Gasteiger partial charge in [-0.1, -0.05) is 26.0 Å². The molecule has 114 valence electrons. The molecule has 0 spiro atoms. The molecular weight excluding hydrogens is 278 g/mol. The summed E-state index contributed by atoms with van der Waals surface area (Å²) in [6.07, 6.45) is 4.36. The fourth-order valence-corrected chi connectivity index (χ4v) is 3.14. The lowest BCUT2D eigenvalue weighted by atomic mass is 10.1. The van der Waals surface area contributed by atoms with Gasteiger partial charge in [0.25, 0.3) is 0 Å². The lowest BCUT2D eigenvalue weighted by molar-refractivity contribution is 0.426. The van der Waals surface area contributed by atoms with Crippen LogP contribution in [0.1, 0.15) is 57.0 Å². The van der Waals surface area contributed by atoms with Crippen molar-refractivity contribution in [3.8, 4) is 0 Å². The lowest BCUT2D eigenvalue weighted by Gasteiger charge is -2.12. The number of aromatic nitrogens is 2. The van der Waals surface area contributed by atoms with Crippen LogP contribution in [0.2, 0.25) is 0 Å². The molecule has 1 heterocycles. The van der Waals surface area contributed by atoms with E-state index >= 15 is 0 Å². The average molecular weight is 303 g/mol. The van der Waals surface area contributed by atoms with Crippen LogP contribution in [-0.2, 0) is 5.75 Å². The van der Waals surface area contributed by atoms with Crippen molar-refractivity contribution < 1.29 is 0 Å². The van der Waals surface area contributed by atoms with Crippen molar-refractivity contribution >= 4 is 11.8 Å². The van der Waals surface area contributed by atoms with E-state index in [0.29, 0.717) is 6.04 Å². The Morgan fingerprint density at radius 3 is 2.38 bits per heavy atom. The molecule has 0 bridgehead atoms. The third kappa shape index (κ3) is 4.35. The van der Waals surface area contributed by atoms with Crippen LogP contribution < -0.4 is 5.73 Å². The maximum absolute atomic E-state index is 5.87. The largest absolute Gasteiger partial charge is 0.324 e. The maximum atomic E-state index is 5.87. The molecule has 1 aromatic carbocycles. The normalized spacial score (nSPS) is 12.8. The molecule has 2 aromatic rings. The molecule has 3 nitrogen and oxygen atoms in total. The fraction of sp³-hybridized carbons (Fsp3) is 0.471.